The van der Waals surface area contributed by atoms with Crippen LogP contribution < -0.4 is 4.90 Å². The summed E-state index contributed by atoms with van der Waals surface area (Å²) in [6, 6.07) is 6.29. The lowest BCUT2D eigenvalue weighted by Crippen LogP contribution is -2.36. The fraction of sp³-hybridized carbons (Fsp3) is 0.591. The van der Waals surface area contributed by atoms with Gasteiger partial charge in [0.15, 0.2) is 0 Å². The maximum atomic E-state index is 11.9. The summed E-state index contributed by atoms with van der Waals surface area (Å²) < 4.78 is 5.82. The molecule has 0 spiro atoms. The molecule has 4 nitrogen and oxygen atoms in total. The van der Waals surface area contributed by atoms with Crippen molar-refractivity contribution in [3.05, 3.63) is 29.3 Å². The molecule has 0 amide bonds. The van der Waals surface area contributed by atoms with Crippen LogP contribution in [0.25, 0.3) is 0 Å². The summed E-state index contributed by atoms with van der Waals surface area (Å²) in [7, 11) is 0. The molecule has 0 unspecified atom stereocenters. The molecule has 0 atom stereocenters. The SMILES string of the molecule is CCC#Cc1cc(N(CC)CC)ccc1C1(OC(=O)CO)CCCCC1.Cl. The van der Waals surface area contributed by atoms with Crippen LogP contribution in [0.4, 0.5) is 5.69 Å². The molecule has 1 aliphatic rings. The van der Waals surface area contributed by atoms with Crippen LogP contribution in [-0.2, 0) is 15.1 Å². The quantitative estimate of drug-likeness (QED) is 0.574. The minimum absolute atomic E-state index is 0. The van der Waals surface area contributed by atoms with Crippen LogP contribution in [0.2, 0.25) is 0 Å². The van der Waals surface area contributed by atoms with Gasteiger partial charge in [-0.1, -0.05) is 31.3 Å². The third-order valence-electron chi connectivity index (χ3n) is 5.12. The largest absolute Gasteiger partial charge is 0.452 e. The van der Waals surface area contributed by atoms with Crippen molar-refractivity contribution in [2.24, 2.45) is 0 Å². The van der Waals surface area contributed by atoms with Crippen molar-refractivity contribution in [3.63, 3.8) is 0 Å². The first-order chi connectivity index (χ1) is 12.6. The molecule has 1 saturated carbocycles. The number of anilines is 1. The number of hydrogen-bond acceptors (Lipinski definition) is 4. The van der Waals surface area contributed by atoms with E-state index < -0.39 is 18.2 Å². The van der Waals surface area contributed by atoms with Gasteiger partial charge in [0.25, 0.3) is 0 Å². The van der Waals surface area contributed by atoms with Gasteiger partial charge in [-0.3, -0.25) is 0 Å². The van der Waals surface area contributed by atoms with E-state index in [2.05, 4.69) is 48.8 Å². The van der Waals surface area contributed by atoms with Crippen molar-refractivity contribution >= 4 is 24.1 Å². The van der Waals surface area contributed by atoms with Crippen molar-refractivity contribution < 1.29 is 14.6 Å². The van der Waals surface area contributed by atoms with Gasteiger partial charge in [0.05, 0.1) is 0 Å². The first kappa shape index (κ1) is 23.3. The second kappa shape index (κ2) is 11.2. The molecule has 5 heteroatoms. The molecule has 2 rings (SSSR count). The lowest BCUT2D eigenvalue weighted by atomic mass is 9.77. The molecule has 1 N–H and O–H groups in total. The smallest absolute Gasteiger partial charge is 0.332 e. The molecule has 1 fully saturated rings. The molecular formula is C22H32ClNO3. The number of aliphatic hydroxyl groups excluding tert-OH is 1. The third-order valence-corrected chi connectivity index (χ3v) is 5.12. The Hall–Kier alpha value is -1.70. The van der Waals surface area contributed by atoms with E-state index in [1.54, 1.807) is 0 Å². The van der Waals surface area contributed by atoms with Crippen LogP contribution in [0.3, 0.4) is 0 Å². The molecule has 0 bridgehead atoms. The Balaban J connectivity index is 0.00000364. The Bertz CT molecular complexity index is 668. The van der Waals surface area contributed by atoms with Gasteiger partial charge in [0.2, 0.25) is 0 Å². The van der Waals surface area contributed by atoms with Crippen LogP contribution >= 0.6 is 12.4 Å². The molecule has 1 aromatic carbocycles. The average molecular weight is 394 g/mol. The Labute approximate surface area is 169 Å². The number of aliphatic hydroxyl groups is 1. The van der Waals surface area contributed by atoms with Crippen LogP contribution in [-0.4, -0.2) is 30.8 Å². The third kappa shape index (κ3) is 5.64. The molecule has 0 aliphatic heterocycles. The highest BCUT2D eigenvalue weighted by molar-refractivity contribution is 5.85. The summed E-state index contributed by atoms with van der Waals surface area (Å²) in [5.41, 5.74) is 2.38. The lowest BCUT2D eigenvalue weighted by molar-refractivity contribution is -0.168. The van der Waals surface area contributed by atoms with Gasteiger partial charge in [-0.25, -0.2) is 4.79 Å². The first-order valence-corrected chi connectivity index (χ1v) is 9.81. The van der Waals surface area contributed by atoms with E-state index in [0.717, 1.165) is 68.4 Å². The summed E-state index contributed by atoms with van der Waals surface area (Å²) >= 11 is 0. The Morgan fingerprint density at radius 1 is 1.19 bits per heavy atom. The minimum atomic E-state index is -0.669. The second-order valence-corrected chi connectivity index (χ2v) is 6.74. The van der Waals surface area contributed by atoms with Gasteiger partial charge in [-0.2, -0.15) is 0 Å². The maximum Gasteiger partial charge on any atom is 0.332 e. The van der Waals surface area contributed by atoms with Gasteiger partial charge < -0.3 is 14.7 Å². The Morgan fingerprint density at radius 2 is 1.85 bits per heavy atom. The number of halogens is 1. The number of rotatable bonds is 6. The number of carbonyl (C=O) groups excluding carboxylic acids is 1. The van der Waals surface area contributed by atoms with Gasteiger partial charge >= 0.3 is 5.97 Å². The predicted molar refractivity (Wildman–Crippen MR) is 112 cm³/mol. The van der Waals surface area contributed by atoms with Crippen LogP contribution in [0.1, 0.15) is 70.4 Å². The van der Waals surface area contributed by atoms with E-state index >= 15 is 0 Å². The van der Waals surface area contributed by atoms with Gasteiger partial charge in [0, 0.05) is 36.3 Å². The number of esters is 1. The summed E-state index contributed by atoms with van der Waals surface area (Å²) in [5.74, 6) is 5.90. The fourth-order valence-corrected chi connectivity index (χ4v) is 3.80. The van der Waals surface area contributed by atoms with Crippen molar-refractivity contribution in [2.75, 3.05) is 24.6 Å². The van der Waals surface area contributed by atoms with E-state index in [-0.39, 0.29) is 12.4 Å². The molecule has 1 aromatic rings. The van der Waals surface area contributed by atoms with Crippen LogP contribution in [0.5, 0.6) is 0 Å². The summed E-state index contributed by atoms with van der Waals surface area (Å²) in [6.45, 7) is 7.58. The number of ether oxygens (including phenoxy) is 1. The number of hydrogen-bond donors (Lipinski definition) is 1. The van der Waals surface area contributed by atoms with Crippen molar-refractivity contribution in [3.8, 4) is 11.8 Å². The average Bonchev–Trinajstić information content (AvgIpc) is 2.68. The van der Waals surface area contributed by atoms with E-state index in [1.807, 2.05) is 6.92 Å². The fourth-order valence-electron chi connectivity index (χ4n) is 3.80. The van der Waals surface area contributed by atoms with Crippen LogP contribution in [0.15, 0.2) is 18.2 Å². The topological polar surface area (TPSA) is 49.8 Å². The Morgan fingerprint density at radius 3 is 2.41 bits per heavy atom. The molecule has 0 radical (unpaired) electrons. The van der Waals surface area contributed by atoms with E-state index in [1.165, 1.54) is 0 Å². The first-order valence-electron chi connectivity index (χ1n) is 9.81. The molecular weight excluding hydrogens is 362 g/mol. The van der Waals surface area contributed by atoms with E-state index in [9.17, 15) is 9.90 Å². The zero-order valence-electron chi connectivity index (χ0n) is 16.7. The van der Waals surface area contributed by atoms with E-state index in [0.29, 0.717) is 0 Å². The Kier molecular flexibility index (Phi) is 9.69. The second-order valence-electron chi connectivity index (χ2n) is 6.74. The number of benzene rings is 1. The van der Waals surface area contributed by atoms with E-state index in [4.69, 9.17) is 4.74 Å². The molecule has 0 heterocycles. The lowest BCUT2D eigenvalue weighted by Gasteiger charge is -2.38. The normalized spacial score (nSPS) is 15.1. The standard InChI is InChI=1S/C22H31NO3.ClH/c1-4-7-11-18-16-19(23(5-2)6-3)12-13-20(18)22(26-21(25)17-24)14-9-8-10-15-22;/h12-13,16,24H,4-6,8-10,14-15,17H2,1-3H3;1H. The predicted octanol–water partition coefficient (Wildman–Crippen LogP) is 4.41. The van der Waals surface area contributed by atoms with Gasteiger partial charge in [-0.05, 0) is 51.7 Å². The summed E-state index contributed by atoms with van der Waals surface area (Å²) in [4.78, 5) is 14.2. The van der Waals surface area contributed by atoms with Crippen molar-refractivity contribution in [2.45, 2.75) is 64.9 Å². The molecule has 150 valence electrons. The summed E-state index contributed by atoms with van der Waals surface area (Å²) in [5, 5.41) is 9.21. The summed E-state index contributed by atoms with van der Waals surface area (Å²) in [6.07, 6.45) is 5.51. The maximum absolute atomic E-state index is 11.9. The van der Waals surface area contributed by atoms with Gasteiger partial charge in [0.1, 0.15) is 12.2 Å². The van der Waals surface area contributed by atoms with Crippen molar-refractivity contribution in [1.29, 1.82) is 0 Å². The highest BCUT2D eigenvalue weighted by Gasteiger charge is 2.39. The zero-order valence-corrected chi connectivity index (χ0v) is 17.5. The monoisotopic (exact) mass is 393 g/mol. The molecule has 0 aromatic heterocycles. The van der Waals surface area contributed by atoms with Crippen molar-refractivity contribution in [1.82, 2.24) is 0 Å². The molecule has 27 heavy (non-hydrogen) atoms. The van der Waals surface area contributed by atoms with Crippen LogP contribution in [0, 0.1) is 11.8 Å². The highest BCUT2D eigenvalue weighted by Crippen LogP contribution is 2.42. The number of carbonyl (C=O) groups is 1. The van der Waals surface area contributed by atoms with Gasteiger partial charge in [-0.15, -0.1) is 12.4 Å². The zero-order chi connectivity index (χ0) is 19.0. The highest BCUT2D eigenvalue weighted by atomic mass is 35.5. The minimum Gasteiger partial charge on any atom is -0.452 e. The number of nitrogens with zero attached hydrogens (tertiary/aromatic N) is 1. The molecule has 0 saturated heterocycles. The molecule has 1 aliphatic carbocycles.